The molecule has 2 heteroatoms. The van der Waals surface area contributed by atoms with Gasteiger partial charge in [0.25, 0.3) is 0 Å². The highest BCUT2D eigenvalue weighted by Crippen LogP contribution is 2.29. The van der Waals surface area contributed by atoms with Crippen LogP contribution in [0.2, 0.25) is 0 Å². The van der Waals surface area contributed by atoms with Crippen LogP contribution in [-0.2, 0) is 9.53 Å². The summed E-state index contributed by atoms with van der Waals surface area (Å²) < 4.78 is 5.11. The van der Waals surface area contributed by atoms with E-state index >= 15 is 0 Å². The van der Waals surface area contributed by atoms with Gasteiger partial charge >= 0.3 is 5.97 Å². The third-order valence-electron chi connectivity index (χ3n) is 3.61. The fourth-order valence-corrected chi connectivity index (χ4v) is 2.46. The minimum absolute atomic E-state index is 0.0290. The van der Waals surface area contributed by atoms with Crippen LogP contribution in [0.3, 0.4) is 0 Å². The third-order valence-corrected chi connectivity index (χ3v) is 3.61. The number of carbonyl (C=O) groups is 1. The Labute approximate surface area is 120 Å². The van der Waals surface area contributed by atoms with E-state index in [1.807, 2.05) is 32.1 Å². The molecule has 0 aliphatic heterocycles. The van der Waals surface area contributed by atoms with Crippen LogP contribution in [0.1, 0.15) is 25.3 Å². The first-order valence-corrected chi connectivity index (χ1v) is 6.95. The average molecular weight is 268 g/mol. The zero-order valence-electron chi connectivity index (χ0n) is 12.0. The molecule has 0 aliphatic carbocycles. The van der Waals surface area contributed by atoms with Crippen LogP contribution in [-0.4, -0.2) is 12.6 Å². The number of ether oxygens (including phenoxy) is 1. The quantitative estimate of drug-likeness (QED) is 0.596. The summed E-state index contributed by atoms with van der Waals surface area (Å²) in [5.74, 6) is -0.433. The second kappa shape index (κ2) is 6.38. The fraction of sp³-hybridized carbons (Fsp3) is 0.278. The van der Waals surface area contributed by atoms with Crippen molar-refractivity contribution in [3.63, 3.8) is 0 Å². The topological polar surface area (TPSA) is 26.3 Å². The first kappa shape index (κ1) is 14.3. The summed E-state index contributed by atoms with van der Waals surface area (Å²) in [6.45, 7) is 7.99. The van der Waals surface area contributed by atoms with Crippen LogP contribution in [0.5, 0.6) is 0 Å². The number of carbonyl (C=O) groups excluding carboxylic acids is 1. The second-order valence-electron chi connectivity index (χ2n) is 4.91. The second-order valence-corrected chi connectivity index (χ2v) is 4.91. The van der Waals surface area contributed by atoms with Crippen molar-refractivity contribution in [1.29, 1.82) is 0 Å². The molecule has 0 saturated heterocycles. The SMILES string of the molecule is C=CC(c1ccc2ccccc2c1)C(C)C(=O)OCC. The van der Waals surface area contributed by atoms with Gasteiger partial charge in [-0.3, -0.25) is 4.79 Å². The minimum atomic E-state index is -0.228. The molecule has 2 nitrogen and oxygen atoms in total. The largest absolute Gasteiger partial charge is 0.466 e. The van der Waals surface area contributed by atoms with Crippen molar-refractivity contribution in [2.45, 2.75) is 19.8 Å². The van der Waals surface area contributed by atoms with Crippen LogP contribution >= 0.6 is 0 Å². The predicted molar refractivity (Wildman–Crippen MR) is 82.7 cm³/mol. The predicted octanol–water partition coefficient (Wildman–Crippen LogP) is 4.31. The van der Waals surface area contributed by atoms with Crippen molar-refractivity contribution < 1.29 is 9.53 Å². The number of rotatable bonds is 5. The summed E-state index contributed by atoms with van der Waals surface area (Å²) >= 11 is 0. The van der Waals surface area contributed by atoms with Crippen molar-refractivity contribution in [3.05, 3.63) is 60.7 Å². The normalized spacial score (nSPS) is 13.7. The molecule has 0 aromatic heterocycles. The van der Waals surface area contributed by atoms with E-state index in [4.69, 9.17) is 4.74 Å². The lowest BCUT2D eigenvalue weighted by molar-refractivity contribution is -0.147. The molecule has 0 N–H and O–H groups in total. The smallest absolute Gasteiger partial charge is 0.309 e. The number of benzene rings is 2. The van der Waals surface area contributed by atoms with Crippen LogP contribution in [0.25, 0.3) is 10.8 Å². The van der Waals surface area contributed by atoms with Gasteiger partial charge in [-0.25, -0.2) is 0 Å². The molecule has 2 aromatic carbocycles. The molecule has 0 radical (unpaired) electrons. The van der Waals surface area contributed by atoms with E-state index in [1.165, 1.54) is 10.8 Å². The Hall–Kier alpha value is -2.09. The lowest BCUT2D eigenvalue weighted by Crippen LogP contribution is -2.20. The Kier molecular flexibility index (Phi) is 4.57. The highest BCUT2D eigenvalue weighted by atomic mass is 16.5. The Morgan fingerprint density at radius 1 is 1.25 bits per heavy atom. The molecule has 104 valence electrons. The number of allylic oxidation sites excluding steroid dienone is 1. The van der Waals surface area contributed by atoms with E-state index < -0.39 is 0 Å². The van der Waals surface area contributed by atoms with Crippen LogP contribution in [0, 0.1) is 5.92 Å². The highest BCUT2D eigenvalue weighted by molar-refractivity contribution is 5.83. The maximum atomic E-state index is 11.9. The molecule has 2 unspecified atom stereocenters. The Morgan fingerprint density at radius 2 is 1.95 bits per heavy atom. The van der Waals surface area contributed by atoms with E-state index in [0.717, 1.165) is 5.56 Å². The summed E-state index contributed by atoms with van der Waals surface area (Å²) in [7, 11) is 0. The van der Waals surface area contributed by atoms with Crippen molar-refractivity contribution in [3.8, 4) is 0 Å². The zero-order chi connectivity index (χ0) is 14.5. The van der Waals surface area contributed by atoms with Gasteiger partial charge in [0.2, 0.25) is 0 Å². The van der Waals surface area contributed by atoms with Crippen molar-refractivity contribution >= 4 is 16.7 Å². The molecule has 0 saturated carbocycles. The lowest BCUT2D eigenvalue weighted by atomic mass is 9.86. The van der Waals surface area contributed by atoms with E-state index in [-0.39, 0.29) is 17.8 Å². The molecule has 2 rings (SSSR count). The molecular weight excluding hydrogens is 248 g/mol. The molecular formula is C18H20O2. The Bertz CT molecular complexity index is 616. The maximum absolute atomic E-state index is 11.9. The van der Waals surface area contributed by atoms with Gasteiger partial charge < -0.3 is 4.74 Å². The van der Waals surface area contributed by atoms with Gasteiger partial charge in [-0.05, 0) is 23.3 Å². The van der Waals surface area contributed by atoms with Crippen molar-refractivity contribution in [2.75, 3.05) is 6.61 Å². The fourth-order valence-electron chi connectivity index (χ4n) is 2.46. The van der Waals surface area contributed by atoms with Gasteiger partial charge in [-0.15, -0.1) is 6.58 Å². The molecule has 0 aliphatic rings. The molecule has 0 spiro atoms. The van der Waals surface area contributed by atoms with Gasteiger partial charge in [0.05, 0.1) is 12.5 Å². The first-order chi connectivity index (χ1) is 9.67. The van der Waals surface area contributed by atoms with E-state index in [1.54, 1.807) is 0 Å². The van der Waals surface area contributed by atoms with Crippen LogP contribution in [0.15, 0.2) is 55.1 Å². The lowest BCUT2D eigenvalue weighted by Gasteiger charge is -2.20. The number of esters is 1. The van der Waals surface area contributed by atoms with Gasteiger partial charge in [0.15, 0.2) is 0 Å². The monoisotopic (exact) mass is 268 g/mol. The van der Waals surface area contributed by atoms with Crippen molar-refractivity contribution in [2.24, 2.45) is 5.92 Å². The molecule has 0 heterocycles. The summed E-state index contributed by atoms with van der Waals surface area (Å²) in [5, 5.41) is 2.37. The molecule has 0 bridgehead atoms. The van der Waals surface area contributed by atoms with Gasteiger partial charge in [-0.2, -0.15) is 0 Å². The van der Waals surface area contributed by atoms with E-state index in [9.17, 15) is 4.79 Å². The molecule has 0 amide bonds. The summed E-state index contributed by atoms with van der Waals surface area (Å²) in [6.07, 6.45) is 1.83. The summed E-state index contributed by atoms with van der Waals surface area (Å²) in [5.41, 5.74) is 1.10. The zero-order valence-corrected chi connectivity index (χ0v) is 12.0. The number of fused-ring (bicyclic) bond motifs is 1. The number of hydrogen-bond acceptors (Lipinski definition) is 2. The van der Waals surface area contributed by atoms with Gasteiger partial charge in [-0.1, -0.05) is 55.5 Å². The molecule has 2 aromatic rings. The average Bonchev–Trinajstić information content (AvgIpc) is 2.48. The summed E-state index contributed by atoms with van der Waals surface area (Å²) in [4.78, 5) is 11.9. The molecule has 20 heavy (non-hydrogen) atoms. The molecule has 2 atom stereocenters. The Balaban J connectivity index is 2.33. The minimum Gasteiger partial charge on any atom is -0.466 e. The first-order valence-electron chi connectivity index (χ1n) is 6.95. The van der Waals surface area contributed by atoms with Crippen LogP contribution in [0.4, 0.5) is 0 Å². The van der Waals surface area contributed by atoms with Gasteiger partial charge in [0.1, 0.15) is 0 Å². The van der Waals surface area contributed by atoms with Crippen LogP contribution < -0.4 is 0 Å². The Morgan fingerprint density at radius 3 is 2.60 bits per heavy atom. The molecule has 0 fully saturated rings. The van der Waals surface area contributed by atoms with E-state index in [2.05, 4.69) is 36.9 Å². The van der Waals surface area contributed by atoms with Crippen molar-refractivity contribution in [1.82, 2.24) is 0 Å². The highest BCUT2D eigenvalue weighted by Gasteiger charge is 2.24. The number of hydrogen-bond donors (Lipinski definition) is 0. The maximum Gasteiger partial charge on any atom is 0.309 e. The van der Waals surface area contributed by atoms with Gasteiger partial charge in [0, 0.05) is 5.92 Å². The van der Waals surface area contributed by atoms with E-state index in [0.29, 0.717) is 6.61 Å². The standard InChI is InChI=1S/C18H20O2/c1-4-17(13(3)18(19)20-5-2)16-11-10-14-8-6-7-9-15(14)12-16/h4,6-13,17H,1,5H2,2-3H3. The third kappa shape index (κ3) is 2.90. The summed E-state index contributed by atoms with van der Waals surface area (Å²) in [6, 6.07) is 14.5.